The Morgan fingerprint density at radius 2 is 2.47 bits per heavy atom. The van der Waals surface area contributed by atoms with Gasteiger partial charge in [0.15, 0.2) is 5.54 Å². The molecule has 82 valence electrons. The molecule has 1 aromatic rings. The Morgan fingerprint density at radius 3 is 2.93 bits per heavy atom. The Hall–Kier alpha value is -1.43. The summed E-state index contributed by atoms with van der Waals surface area (Å²) in [5, 5.41) is 16.6. The summed E-state index contributed by atoms with van der Waals surface area (Å²) in [6.07, 6.45) is 4.20. The Balaban J connectivity index is 2.13. The first-order chi connectivity index (χ1) is 7.19. The third kappa shape index (κ3) is 1.50. The molecular weight excluding hydrogens is 198 g/mol. The van der Waals surface area contributed by atoms with Gasteiger partial charge in [0, 0.05) is 19.9 Å². The molecule has 0 bridgehead atoms. The van der Waals surface area contributed by atoms with Crippen molar-refractivity contribution in [1.29, 1.82) is 0 Å². The molecule has 1 aliphatic rings. The highest BCUT2D eigenvalue weighted by Crippen LogP contribution is 2.43. The number of carboxylic acids is 1. The first-order valence-corrected chi connectivity index (χ1v) is 4.78. The third-order valence-electron chi connectivity index (χ3n) is 2.91. The summed E-state index contributed by atoms with van der Waals surface area (Å²) in [7, 11) is 1.62. The SMILES string of the molecule is COCC1CC(C(=O)O)(n2ccnn2)C1. The van der Waals surface area contributed by atoms with Crippen LogP contribution in [0, 0.1) is 5.92 Å². The van der Waals surface area contributed by atoms with Crippen molar-refractivity contribution < 1.29 is 14.6 Å². The van der Waals surface area contributed by atoms with Crippen LogP contribution in [0.3, 0.4) is 0 Å². The average Bonchev–Trinajstić information content (AvgIpc) is 2.62. The molecule has 0 atom stereocenters. The molecule has 0 aromatic carbocycles. The number of hydrogen-bond acceptors (Lipinski definition) is 4. The van der Waals surface area contributed by atoms with Gasteiger partial charge < -0.3 is 9.84 Å². The summed E-state index contributed by atoms with van der Waals surface area (Å²) in [5.74, 6) is -0.546. The van der Waals surface area contributed by atoms with E-state index in [1.54, 1.807) is 13.3 Å². The fourth-order valence-corrected chi connectivity index (χ4v) is 2.15. The van der Waals surface area contributed by atoms with E-state index in [2.05, 4.69) is 10.3 Å². The van der Waals surface area contributed by atoms with Crippen molar-refractivity contribution in [3.05, 3.63) is 12.4 Å². The van der Waals surface area contributed by atoms with Gasteiger partial charge >= 0.3 is 5.97 Å². The van der Waals surface area contributed by atoms with Crippen LogP contribution < -0.4 is 0 Å². The first-order valence-electron chi connectivity index (χ1n) is 4.78. The molecule has 6 nitrogen and oxygen atoms in total. The van der Waals surface area contributed by atoms with E-state index in [9.17, 15) is 9.90 Å². The highest BCUT2D eigenvalue weighted by molar-refractivity contribution is 5.77. The molecule has 0 unspecified atom stereocenters. The van der Waals surface area contributed by atoms with E-state index in [1.807, 2.05) is 0 Å². The molecule has 1 saturated carbocycles. The second kappa shape index (κ2) is 3.62. The van der Waals surface area contributed by atoms with Gasteiger partial charge in [0.25, 0.3) is 0 Å². The number of methoxy groups -OCH3 is 1. The summed E-state index contributed by atoms with van der Waals surface area (Å²) in [5.41, 5.74) is -0.903. The van der Waals surface area contributed by atoms with Crippen molar-refractivity contribution >= 4 is 5.97 Å². The maximum Gasteiger partial charge on any atom is 0.331 e. The lowest BCUT2D eigenvalue weighted by Gasteiger charge is -2.43. The van der Waals surface area contributed by atoms with Crippen LogP contribution in [0.25, 0.3) is 0 Å². The van der Waals surface area contributed by atoms with Gasteiger partial charge in [0.2, 0.25) is 0 Å². The Labute approximate surface area is 86.8 Å². The molecular formula is C9H13N3O3. The predicted octanol–water partition coefficient (Wildman–Crippen LogP) is 0.114. The molecule has 1 fully saturated rings. The minimum absolute atomic E-state index is 0.301. The molecule has 1 N–H and O–H groups in total. The maximum absolute atomic E-state index is 11.2. The first kappa shape index (κ1) is 10.1. The number of aromatic nitrogens is 3. The van der Waals surface area contributed by atoms with Crippen molar-refractivity contribution in [2.24, 2.45) is 5.92 Å². The van der Waals surface area contributed by atoms with Gasteiger partial charge in [-0.1, -0.05) is 5.21 Å². The molecule has 1 heterocycles. The normalized spacial score (nSPS) is 29.8. The van der Waals surface area contributed by atoms with Crippen LogP contribution in [-0.4, -0.2) is 39.8 Å². The van der Waals surface area contributed by atoms with Gasteiger partial charge in [-0.2, -0.15) is 0 Å². The van der Waals surface area contributed by atoms with E-state index >= 15 is 0 Å². The summed E-state index contributed by atoms with van der Waals surface area (Å²) in [6.45, 7) is 0.601. The lowest BCUT2D eigenvalue weighted by atomic mass is 9.68. The van der Waals surface area contributed by atoms with Crippen molar-refractivity contribution in [1.82, 2.24) is 15.0 Å². The van der Waals surface area contributed by atoms with Crippen LogP contribution in [0.5, 0.6) is 0 Å². The molecule has 6 heteroatoms. The van der Waals surface area contributed by atoms with Crippen LogP contribution in [0.2, 0.25) is 0 Å². The number of nitrogens with zero attached hydrogens (tertiary/aromatic N) is 3. The van der Waals surface area contributed by atoms with Crippen molar-refractivity contribution in [2.45, 2.75) is 18.4 Å². The lowest BCUT2D eigenvalue weighted by Crippen LogP contribution is -2.53. The minimum atomic E-state index is -0.903. The maximum atomic E-state index is 11.2. The third-order valence-corrected chi connectivity index (χ3v) is 2.91. The molecule has 1 aliphatic carbocycles. The fraction of sp³-hybridized carbons (Fsp3) is 0.667. The van der Waals surface area contributed by atoms with E-state index < -0.39 is 11.5 Å². The summed E-state index contributed by atoms with van der Waals surface area (Å²) in [4.78, 5) is 11.2. The second-order valence-electron chi connectivity index (χ2n) is 3.91. The summed E-state index contributed by atoms with van der Waals surface area (Å²) >= 11 is 0. The van der Waals surface area contributed by atoms with Crippen molar-refractivity contribution in [2.75, 3.05) is 13.7 Å². The van der Waals surface area contributed by atoms with Crippen molar-refractivity contribution in [3.63, 3.8) is 0 Å². The Morgan fingerprint density at radius 1 is 1.73 bits per heavy atom. The highest BCUT2D eigenvalue weighted by Gasteiger charge is 2.52. The van der Waals surface area contributed by atoms with E-state index in [0.717, 1.165) is 0 Å². The number of hydrogen-bond donors (Lipinski definition) is 1. The van der Waals surface area contributed by atoms with Crippen LogP contribution in [0.4, 0.5) is 0 Å². The zero-order valence-corrected chi connectivity index (χ0v) is 8.46. The van der Waals surface area contributed by atoms with E-state index in [-0.39, 0.29) is 0 Å². The number of rotatable bonds is 4. The predicted molar refractivity (Wildman–Crippen MR) is 50.2 cm³/mol. The highest BCUT2D eigenvalue weighted by atomic mass is 16.5. The molecule has 0 saturated heterocycles. The number of aliphatic carboxylic acids is 1. The molecule has 0 radical (unpaired) electrons. The number of carboxylic acid groups (broad SMARTS) is 1. The van der Waals surface area contributed by atoms with Gasteiger partial charge in [-0.05, 0) is 18.8 Å². The Bertz CT molecular complexity index is 343. The summed E-state index contributed by atoms with van der Waals surface area (Å²) < 4.78 is 6.43. The quantitative estimate of drug-likeness (QED) is 0.765. The zero-order valence-electron chi connectivity index (χ0n) is 8.46. The van der Waals surface area contributed by atoms with E-state index in [4.69, 9.17) is 4.74 Å². The largest absolute Gasteiger partial charge is 0.479 e. The second-order valence-corrected chi connectivity index (χ2v) is 3.91. The molecule has 15 heavy (non-hydrogen) atoms. The lowest BCUT2D eigenvalue weighted by molar-refractivity contribution is -0.158. The standard InChI is InChI=1S/C9H13N3O3/c1-15-6-7-4-9(5-7,8(13)14)12-3-2-10-11-12/h2-3,7H,4-6H2,1H3,(H,13,14). The average molecular weight is 211 g/mol. The molecule has 2 rings (SSSR count). The topological polar surface area (TPSA) is 77.2 Å². The zero-order chi connectivity index (χ0) is 10.9. The van der Waals surface area contributed by atoms with Gasteiger partial charge in [0.05, 0.1) is 6.20 Å². The van der Waals surface area contributed by atoms with E-state index in [1.165, 1.54) is 10.9 Å². The van der Waals surface area contributed by atoms with Gasteiger partial charge in [-0.3, -0.25) is 0 Å². The van der Waals surface area contributed by atoms with Crippen LogP contribution in [0.15, 0.2) is 12.4 Å². The van der Waals surface area contributed by atoms with Gasteiger partial charge in [-0.15, -0.1) is 5.10 Å². The number of carbonyl (C=O) groups is 1. The number of ether oxygens (including phenoxy) is 1. The van der Waals surface area contributed by atoms with Crippen LogP contribution >= 0.6 is 0 Å². The van der Waals surface area contributed by atoms with E-state index in [0.29, 0.717) is 25.4 Å². The smallest absolute Gasteiger partial charge is 0.331 e. The summed E-state index contributed by atoms with van der Waals surface area (Å²) in [6, 6.07) is 0. The van der Waals surface area contributed by atoms with Gasteiger partial charge in [0.1, 0.15) is 0 Å². The van der Waals surface area contributed by atoms with Crippen LogP contribution in [0.1, 0.15) is 12.8 Å². The van der Waals surface area contributed by atoms with Crippen LogP contribution in [-0.2, 0) is 15.1 Å². The molecule has 0 spiro atoms. The molecule has 0 aliphatic heterocycles. The minimum Gasteiger partial charge on any atom is -0.479 e. The molecule has 0 amide bonds. The Kier molecular flexibility index (Phi) is 2.44. The van der Waals surface area contributed by atoms with Crippen molar-refractivity contribution in [3.8, 4) is 0 Å². The monoisotopic (exact) mass is 211 g/mol. The fourth-order valence-electron chi connectivity index (χ4n) is 2.15. The van der Waals surface area contributed by atoms with Gasteiger partial charge in [-0.25, -0.2) is 9.48 Å². The molecule has 1 aromatic heterocycles.